The van der Waals surface area contributed by atoms with E-state index in [1.54, 1.807) is 11.8 Å². The summed E-state index contributed by atoms with van der Waals surface area (Å²) in [7, 11) is 0. The smallest absolute Gasteiger partial charge is 0.227 e. The van der Waals surface area contributed by atoms with Gasteiger partial charge in [-0.15, -0.1) is 11.8 Å². The lowest BCUT2D eigenvalue weighted by atomic mass is 10.2. The van der Waals surface area contributed by atoms with Crippen LogP contribution in [0, 0.1) is 11.3 Å². The average molecular weight is 415 g/mol. The molecule has 6 nitrogen and oxygen atoms in total. The highest BCUT2D eigenvalue weighted by molar-refractivity contribution is 7.99. The summed E-state index contributed by atoms with van der Waals surface area (Å²) >= 11 is 1.70. The normalized spacial score (nSPS) is 14.4. The number of morpholine rings is 1. The number of ether oxygens (including phenoxy) is 2. The van der Waals surface area contributed by atoms with Crippen molar-refractivity contribution in [2.75, 3.05) is 38.7 Å². The van der Waals surface area contributed by atoms with E-state index in [1.807, 2.05) is 24.3 Å². The topological polar surface area (TPSA) is 75.7 Å². The number of hydrogen-bond acceptors (Lipinski definition) is 7. The van der Waals surface area contributed by atoms with Crippen molar-refractivity contribution in [1.82, 2.24) is 4.90 Å². The van der Waals surface area contributed by atoms with Crippen LogP contribution in [0.2, 0.25) is 0 Å². The second-order valence-electron chi connectivity index (χ2n) is 6.83. The number of rotatable bonds is 10. The Labute approximate surface area is 175 Å². The fourth-order valence-corrected chi connectivity index (χ4v) is 4.05. The summed E-state index contributed by atoms with van der Waals surface area (Å²) in [4.78, 5) is 15.4. The largest absolute Gasteiger partial charge is 0.487 e. The second-order valence-corrected chi connectivity index (χ2v) is 7.97. The van der Waals surface area contributed by atoms with Crippen LogP contribution in [-0.4, -0.2) is 43.6 Å². The fourth-order valence-electron chi connectivity index (χ4n) is 3.04. The van der Waals surface area contributed by atoms with Gasteiger partial charge in [0.25, 0.3) is 0 Å². The van der Waals surface area contributed by atoms with Crippen molar-refractivity contribution in [1.29, 1.82) is 5.26 Å². The summed E-state index contributed by atoms with van der Waals surface area (Å²) in [6.45, 7) is 4.24. The molecule has 0 saturated carbocycles. The summed E-state index contributed by atoms with van der Waals surface area (Å²) in [5, 5.41) is 9.10. The molecule has 0 spiro atoms. The van der Waals surface area contributed by atoms with Crippen LogP contribution in [0.4, 0.5) is 0 Å². The zero-order chi connectivity index (χ0) is 20.3. The van der Waals surface area contributed by atoms with Gasteiger partial charge in [-0.3, -0.25) is 9.69 Å². The van der Waals surface area contributed by atoms with Crippen molar-refractivity contribution in [3.8, 4) is 11.8 Å². The highest BCUT2D eigenvalue weighted by Crippen LogP contribution is 2.23. The number of unbranched alkanes of at least 4 members (excludes halogenated alkanes) is 2. The number of nitriles is 1. The zero-order valence-electron chi connectivity index (χ0n) is 16.5. The molecule has 1 aliphatic heterocycles. The first-order chi connectivity index (χ1) is 14.3. The molecule has 1 aliphatic rings. The number of thioether (sulfide) groups is 1. The summed E-state index contributed by atoms with van der Waals surface area (Å²) in [5.41, 5.74) is 0.591. The van der Waals surface area contributed by atoms with Crippen molar-refractivity contribution in [2.24, 2.45) is 0 Å². The first kappa shape index (κ1) is 21.4. The maximum Gasteiger partial charge on any atom is 0.227 e. The second kappa shape index (κ2) is 11.7. The van der Waals surface area contributed by atoms with Gasteiger partial charge in [0.15, 0.2) is 0 Å². The molecule has 3 rings (SSSR count). The predicted molar refractivity (Wildman–Crippen MR) is 112 cm³/mol. The molecule has 1 aromatic carbocycles. The van der Waals surface area contributed by atoms with Crippen LogP contribution in [0.5, 0.6) is 5.75 Å². The van der Waals surface area contributed by atoms with E-state index in [2.05, 4.69) is 11.0 Å². The molecule has 0 aliphatic carbocycles. The van der Waals surface area contributed by atoms with Crippen LogP contribution in [0.25, 0.3) is 0 Å². The summed E-state index contributed by atoms with van der Waals surface area (Å²) in [6.07, 6.45) is 4.32. The highest BCUT2D eigenvalue weighted by atomic mass is 32.2. The fraction of sp³-hybridized carbons (Fsp3) is 0.455. The zero-order valence-corrected chi connectivity index (χ0v) is 17.3. The number of benzene rings is 1. The van der Waals surface area contributed by atoms with E-state index in [4.69, 9.17) is 19.2 Å². The first-order valence-electron chi connectivity index (χ1n) is 9.93. The molecule has 154 valence electrons. The van der Waals surface area contributed by atoms with Crippen LogP contribution in [0.3, 0.4) is 0 Å². The van der Waals surface area contributed by atoms with Gasteiger partial charge in [0.1, 0.15) is 18.1 Å². The van der Waals surface area contributed by atoms with Gasteiger partial charge in [-0.05, 0) is 37.1 Å². The van der Waals surface area contributed by atoms with Crippen molar-refractivity contribution in [3.63, 3.8) is 0 Å². The molecule has 0 amide bonds. The van der Waals surface area contributed by atoms with E-state index < -0.39 is 0 Å². The van der Waals surface area contributed by atoms with E-state index in [0.29, 0.717) is 18.9 Å². The third kappa shape index (κ3) is 6.93. The minimum absolute atomic E-state index is 0.136. The van der Waals surface area contributed by atoms with Crippen molar-refractivity contribution in [2.45, 2.75) is 30.7 Å². The standard InChI is InChI=1S/C22H26N2O4S/c23-15-18-6-2-3-7-22(18)29-13-5-1-4-10-27-21-17-28-19(14-20(21)25)16-24-8-11-26-12-9-24/h2-3,6-7,14,17H,1,4-5,8-13,16H2. The molecular formula is C22H26N2O4S. The molecular weight excluding hydrogens is 388 g/mol. The maximum absolute atomic E-state index is 12.2. The Morgan fingerprint density at radius 1 is 1.17 bits per heavy atom. The summed E-state index contributed by atoms with van der Waals surface area (Å²) < 4.78 is 16.5. The average Bonchev–Trinajstić information content (AvgIpc) is 2.75. The molecule has 2 heterocycles. The molecule has 1 saturated heterocycles. The molecule has 1 fully saturated rings. The molecule has 2 aromatic rings. The Balaban J connectivity index is 1.33. The number of hydrogen-bond donors (Lipinski definition) is 0. The van der Waals surface area contributed by atoms with Gasteiger partial charge in [0.05, 0.1) is 31.9 Å². The molecule has 0 unspecified atom stereocenters. The monoisotopic (exact) mass is 414 g/mol. The third-order valence-electron chi connectivity index (χ3n) is 4.65. The van der Waals surface area contributed by atoms with Crippen LogP contribution in [0.1, 0.15) is 30.6 Å². The van der Waals surface area contributed by atoms with Gasteiger partial charge in [-0.25, -0.2) is 0 Å². The van der Waals surface area contributed by atoms with Crippen LogP contribution in [-0.2, 0) is 11.3 Å². The third-order valence-corrected chi connectivity index (χ3v) is 5.81. The van der Waals surface area contributed by atoms with Crippen LogP contribution >= 0.6 is 11.8 Å². The molecule has 0 bridgehead atoms. The van der Waals surface area contributed by atoms with Gasteiger partial charge < -0.3 is 13.9 Å². The predicted octanol–water partition coefficient (Wildman–Crippen LogP) is 3.69. The highest BCUT2D eigenvalue weighted by Gasteiger charge is 2.13. The van der Waals surface area contributed by atoms with Gasteiger partial charge in [0, 0.05) is 24.1 Å². The lowest BCUT2D eigenvalue weighted by molar-refractivity contribution is 0.0310. The van der Waals surface area contributed by atoms with Crippen molar-refractivity contribution >= 4 is 11.8 Å². The van der Waals surface area contributed by atoms with Gasteiger partial charge in [-0.2, -0.15) is 5.26 Å². The minimum atomic E-state index is -0.136. The van der Waals surface area contributed by atoms with Crippen LogP contribution in [0.15, 0.2) is 50.7 Å². The molecule has 0 atom stereocenters. The molecule has 29 heavy (non-hydrogen) atoms. The molecule has 1 aromatic heterocycles. The Bertz CT molecular complexity index is 872. The van der Waals surface area contributed by atoms with Gasteiger partial charge in [0.2, 0.25) is 11.2 Å². The Kier molecular flexibility index (Phi) is 8.62. The van der Waals surface area contributed by atoms with Crippen molar-refractivity contribution in [3.05, 3.63) is 58.1 Å². The Morgan fingerprint density at radius 3 is 2.79 bits per heavy atom. The first-order valence-corrected chi connectivity index (χ1v) is 10.9. The lowest BCUT2D eigenvalue weighted by Crippen LogP contribution is -2.35. The Hall–Kier alpha value is -2.27. The summed E-state index contributed by atoms with van der Waals surface area (Å²) in [6, 6.07) is 11.4. The molecule has 0 radical (unpaired) electrons. The van der Waals surface area contributed by atoms with Gasteiger partial charge in [-0.1, -0.05) is 12.1 Å². The molecule has 0 N–H and O–H groups in total. The van der Waals surface area contributed by atoms with E-state index >= 15 is 0 Å². The van der Waals surface area contributed by atoms with E-state index in [0.717, 1.165) is 61.8 Å². The SMILES string of the molecule is N#Cc1ccccc1SCCCCCOc1coc(CN2CCOCC2)cc1=O. The summed E-state index contributed by atoms with van der Waals surface area (Å²) in [5.74, 6) is 1.88. The van der Waals surface area contributed by atoms with E-state index in [1.165, 1.54) is 12.3 Å². The Morgan fingerprint density at radius 2 is 2.00 bits per heavy atom. The van der Waals surface area contributed by atoms with E-state index in [9.17, 15) is 4.79 Å². The lowest BCUT2D eigenvalue weighted by Gasteiger charge is -2.25. The maximum atomic E-state index is 12.2. The van der Waals surface area contributed by atoms with Crippen molar-refractivity contribution < 1.29 is 13.9 Å². The minimum Gasteiger partial charge on any atom is -0.487 e. The number of nitrogens with zero attached hydrogens (tertiary/aromatic N) is 2. The van der Waals surface area contributed by atoms with E-state index in [-0.39, 0.29) is 11.2 Å². The van der Waals surface area contributed by atoms with Crippen LogP contribution < -0.4 is 10.2 Å². The molecule has 7 heteroatoms. The van der Waals surface area contributed by atoms with Gasteiger partial charge >= 0.3 is 0 Å². The quantitative estimate of drug-likeness (QED) is 0.433.